The number of hydrogen-bond acceptors (Lipinski definition) is 7. The molecule has 0 saturated carbocycles. The van der Waals surface area contributed by atoms with Crippen LogP contribution in [0.25, 0.3) is 56.0 Å². The second-order valence-corrected chi connectivity index (χ2v) is 11.5. The lowest BCUT2D eigenvalue weighted by Crippen LogP contribution is -2.06. The number of H-pyrrole nitrogens is 2. The monoisotopic (exact) mass is 527 g/mol. The quantitative estimate of drug-likeness (QED) is 0.322. The summed E-state index contributed by atoms with van der Waals surface area (Å²) in [6.45, 7) is 2.02. The first-order valence-corrected chi connectivity index (χ1v) is 13.9. The number of pyridine rings is 3. The molecule has 6 aromatic rings. The number of aromatic amines is 2. The fourth-order valence-electron chi connectivity index (χ4n) is 4.52. The highest BCUT2D eigenvalue weighted by Gasteiger charge is 2.17. The second-order valence-electron chi connectivity index (χ2n) is 9.25. The topological polar surface area (TPSA) is 130 Å². The number of nitrogens with one attached hydrogen (secondary N) is 2. The Kier molecular flexibility index (Phi) is 5.72. The van der Waals surface area contributed by atoms with Crippen LogP contribution in [0.2, 0.25) is 0 Å². The number of fused-ring (bicyclic) bond motifs is 2. The molecule has 38 heavy (non-hydrogen) atoms. The van der Waals surface area contributed by atoms with Gasteiger partial charge in [-0.15, -0.1) is 0 Å². The third-order valence-electron chi connectivity index (χ3n) is 6.42. The van der Waals surface area contributed by atoms with E-state index in [2.05, 4.69) is 35.1 Å². The van der Waals surface area contributed by atoms with Gasteiger partial charge in [0.2, 0.25) is 0 Å². The summed E-state index contributed by atoms with van der Waals surface area (Å²) in [6, 6.07) is 10.3. The van der Waals surface area contributed by atoms with E-state index in [9.17, 15) is 12.8 Å². The van der Waals surface area contributed by atoms with Crippen molar-refractivity contribution in [2.45, 2.75) is 13.3 Å². The van der Waals surface area contributed by atoms with Crippen LogP contribution in [0.5, 0.6) is 0 Å². The number of halogens is 1. The minimum atomic E-state index is -3.18. The SMILES string of the molecule is Cc1ccncc1-c1cnc2n[nH]c(-c3nc4nccc(-c5cc(F)cc(CCS(C)(=O)=O)c5)c4[nH]3)c2c1. The van der Waals surface area contributed by atoms with Crippen molar-refractivity contribution in [1.82, 2.24) is 35.1 Å². The van der Waals surface area contributed by atoms with Crippen LogP contribution < -0.4 is 0 Å². The molecule has 1 aromatic carbocycles. The number of hydrogen-bond donors (Lipinski definition) is 2. The Labute approximate surface area is 217 Å². The molecule has 0 amide bonds. The van der Waals surface area contributed by atoms with Crippen molar-refractivity contribution in [2.75, 3.05) is 12.0 Å². The molecule has 2 N–H and O–H groups in total. The molecule has 11 heteroatoms. The summed E-state index contributed by atoms with van der Waals surface area (Å²) in [6.07, 6.45) is 8.32. The highest BCUT2D eigenvalue weighted by Crippen LogP contribution is 2.33. The summed E-state index contributed by atoms with van der Waals surface area (Å²) >= 11 is 0. The van der Waals surface area contributed by atoms with Crippen LogP contribution in [0.4, 0.5) is 4.39 Å². The smallest absolute Gasteiger partial charge is 0.181 e. The highest BCUT2D eigenvalue weighted by molar-refractivity contribution is 7.90. The van der Waals surface area contributed by atoms with Crippen LogP contribution >= 0.6 is 0 Å². The van der Waals surface area contributed by atoms with E-state index in [1.54, 1.807) is 36.9 Å². The summed E-state index contributed by atoms with van der Waals surface area (Å²) in [5.74, 6) is 0.00901. The van der Waals surface area contributed by atoms with E-state index in [4.69, 9.17) is 0 Å². The summed E-state index contributed by atoms with van der Waals surface area (Å²) in [5.41, 5.74) is 7.11. The van der Waals surface area contributed by atoms with Crippen molar-refractivity contribution in [3.8, 4) is 33.8 Å². The van der Waals surface area contributed by atoms with Gasteiger partial charge >= 0.3 is 0 Å². The maximum absolute atomic E-state index is 14.5. The standard InChI is InChI=1S/C27H22FN7O2S/c1-15-3-6-29-14-22(15)18-12-21-24(34-35-25(21)31-13-18)27-32-23-20(4-7-30-26(23)33-27)17-9-16(10-19(28)11-17)5-8-38(2,36)37/h3-4,6-7,9-14H,5,8H2,1-2H3,(H,30,32,33)(H,31,34,35). The molecular weight excluding hydrogens is 505 g/mol. The first-order chi connectivity index (χ1) is 18.2. The van der Waals surface area contributed by atoms with E-state index in [0.29, 0.717) is 45.0 Å². The fraction of sp³-hybridized carbons (Fsp3) is 0.148. The van der Waals surface area contributed by atoms with Gasteiger partial charge in [0, 0.05) is 47.7 Å². The van der Waals surface area contributed by atoms with Crippen molar-refractivity contribution >= 4 is 32.0 Å². The van der Waals surface area contributed by atoms with Gasteiger partial charge in [-0.3, -0.25) is 10.1 Å². The maximum Gasteiger partial charge on any atom is 0.181 e. The number of benzene rings is 1. The van der Waals surface area contributed by atoms with Gasteiger partial charge in [0.15, 0.2) is 17.1 Å². The average Bonchev–Trinajstić information content (AvgIpc) is 3.50. The second kappa shape index (κ2) is 9.10. The third-order valence-corrected chi connectivity index (χ3v) is 7.36. The van der Waals surface area contributed by atoms with Crippen LogP contribution in [0.1, 0.15) is 11.1 Å². The van der Waals surface area contributed by atoms with Crippen molar-refractivity contribution in [1.29, 1.82) is 0 Å². The Bertz CT molecular complexity index is 1950. The molecule has 0 spiro atoms. The normalized spacial score (nSPS) is 12.0. The molecule has 190 valence electrons. The van der Waals surface area contributed by atoms with Crippen molar-refractivity contribution in [3.63, 3.8) is 0 Å². The van der Waals surface area contributed by atoms with Gasteiger partial charge in [-0.25, -0.2) is 27.8 Å². The lowest BCUT2D eigenvalue weighted by molar-refractivity contribution is 0.600. The number of sulfone groups is 1. The Hall–Kier alpha value is -4.51. The number of nitrogens with zero attached hydrogens (tertiary/aromatic N) is 5. The molecule has 5 aromatic heterocycles. The van der Waals surface area contributed by atoms with E-state index < -0.39 is 15.7 Å². The molecule has 0 fully saturated rings. The number of rotatable bonds is 6. The molecule has 5 heterocycles. The molecule has 0 aliphatic rings. The first-order valence-electron chi connectivity index (χ1n) is 11.8. The largest absolute Gasteiger partial charge is 0.335 e. The van der Waals surface area contributed by atoms with Gasteiger partial charge in [-0.05, 0) is 60.4 Å². The average molecular weight is 528 g/mol. The summed E-state index contributed by atoms with van der Waals surface area (Å²) in [7, 11) is -3.18. The Morgan fingerprint density at radius 3 is 2.63 bits per heavy atom. The molecular formula is C27H22FN7O2S. The van der Waals surface area contributed by atoms with E-state index in [1.807, 2.05) is 19.1 Å². The van der Waals surface area contributed by atoms with Crippen LogP contribution in [0.3, 0.4) is 0 Å². The number of aryl methyl sites for hydroxylation is 2. The van der Waals surface area contributed by atoms with E-state index in [0.717, 1.165) is 22.1 Å². The van der Waals surface area contributed by atoms with E-state index >= 15 is 0 Å². The summed E-state index contributed by atoms with van der Waals surface area (Å²) in [5, 5.41) is 8.14. The molecule has 0 aliphatic carbocycles. The molecule has 6 rings (SSSR count). The predicted molar refractivity (Wildman–Crippen MR) is 144 cm³/mol. The lowest BCUT2D eigenvalue weighted by atomic mass is 10.0. The molecule has 0 unspecified atom stereocenters. The van der Waals surface area contributed by atoms with Crippen molar-refractivity contribution in [3.05, 3.63) is 78.1 Å². The van der Waals surface area contributed by atoms with Gasteiger partial charge in [0.05, 0.1) is 16.7 Å². The molecule has 0 bridgehead atoms. The van der Waals surface area contributed by atoms with Gasteiger partial charge in [-0.1, -0.05) is 6.07 Å². The van der Waals surface area contributed by atoms with Gasteiger partial charge in [0.25, 0.3) is 0 Å². The molecule has 0 saturated heterocycles. The maximum atomic E-state index is 14.5. The zero-order chi connectivity index (χ0) is 26.4. The lowest BCUT2D eigenvalue weighted by Gasteiger charge is -2.07. The van der Waals surface area contributed by atoms with E-state index in [-0.39, 0.29) is 12.2 Å². The minimum Gasteiger partial charge on any atom is -0.335 e. The Morgan fingerprint density at radius 1 is 0.947 bits per heavy atom. The molecule has 0 aliphatic heterocycles. The van der Waals surface area contributed by atoms with Crippen LogP contribution in [-0.4, -0.2) is 55.5 Å². The van der Waals surface area contributed by atoms with Crippen LogP contribution in [0, 0.1) is 12.7 Å². The fourth-order valence-corrected chi connectivity index (χ4v) is 5.12. The van der Waals surface area contributed by atoms with Crippen LogP contribution in [0.15, 0.2) is 61.2 Å². The summed E-state index contributed by atoms with van der Waals surface area (Å²) in [4.78, 5) is 21.1. The zero-order valence-corrected chi connectivity index (χ0v) is 21.3. The van der Waals surface area contributed by atoms with Gasteiger partial charge in [-0.2, -0.15) is 5.10 Å². The summed E-state index contributed by atoms with van der Waals surface area (Å²) < 4.78 is 37.8. The Morgan fingerprint density at radius 2 is 1.82 bits per heavy atom. The molecule has 0 atom stereocenters. The van der Waals surface area contributed by atoms with Crippen LogP contribution in [-0.2, 0) is 16.3 Å². The van der Waals surface area contributed by atoms with Gasteiger partial charge < -0.3 is 4.98 Å². The first kappa shape index (κ1) is 23.9. The minimum absolute atomic E-state index is 0.0582. The number of imidazole rings is 1. The third kappa shape index (κ3) is 4.52. The molecule has 9 nitrogen and oxygen atoms in total. The van der Waals surface area contributed by atoms with Crippen molar-refractivity contribution in [2.24, 2.45) is 0 Å². The van der Waals surface area contributed by atoms with Crippen molar-refractivity contribution < 1.29 is 12.8 Å². The zero-order valence-electron chi connectivity index (χ0n) is 20.5. The predicted octanol–water partition coefficient (Wildman–Crippen LogP) is 4.66. The van der Waals surface area contributed by atoms with Gasteiger partial charge in [0.1, 0.15) is 21.3 Å². The highest BCUT2D eigenvalue weighted by atomic mass is 32.2. The Balaban J connectivity index is 1.44. The molecule has 0 radical (unpaired) electrons. The van der Waals surface area contributed by atoms with E-state index in [1.165, 1.54) is 18.4 Å². The number of aromatic nitrogens is 7.